The van der Waals surface area contributed by atoms with E-state index >= 15 is 0 Å². The second-order valence-corrected chi connectivity index (χ2v) is 0.629. The number of nitrogens with one attached hydrogen (secondary N) is 1. The average Bonchev–Trinajstić information content (AvgIpc) is 1.76. The lowest BCUT2D eigenvalue weighted by Gasteiger charge is -1.53. The lowest BCUT2D eigenvalue weighted by Crippen LogP contribution is -2.08. The average molecular weight is 71.1 g/mol. The molecule has 1 heterocycles. The second kappa shape index (κ2) is 0.944. The molecule has 3 heteroatoms. The zero-order chi connectivity index (χ0) is 3.54. The Morgan fingerprint density at radius 2 is 2.80 bits per heavy atom. The van der Waals surface area contributed by atoms with Crippen LogP contribution in [0.5, 0.6) is 0 Å². The molecule has 0 aliphatic carbocycles. The third-order valence-corrected chi connectivity index (χ3v) is 0.309. The maximum absolute atomic E-state index is 4.28. The summed E-state index contributed by atoms with van der Waals surface area (Å²) < 4.78 is 0. The van der Waals surface area contributed by atoms with Crippen molar-refractivity contribution in [2.45, 2.75) is 0 Å². The Balaban J connectivity index is 2.32. The second-order valence-electron chi connectivity index (χ2n) is 0.629. The molecule has 0 atom stereocenters. The van der Waals surface area contributed by atoms with Crippen molar-refractivity contribution in [3.63, 3.8) is 0 Å². The molecule has 3 nitrogen and oxygen atoms in total. The minimum absolute atomic E-state index is 1.46. The molecule has 0 bridgehead atoms. The van der Waals surface area contributed by atoms with E-state index in [0.717, 1.165) is 0 Å². The monoisotopic (exact) mass is 71.0 g/mol. The van der Waals surface area contributed by atoms with Crippen LogP contribution in [0.1, 0.15) is 0 Å². The van der Waals surface area contributed by atoms with E-state index in [1.54, 1.807) is 6.20 Å². The van der Waals surface area contributed by atoms with Gasteiger partial charge in [0, 0.05) is 0 Å². The van der Waals surface area contributed by atoms with Crippen LogP contribution in [0.2, 0.25) is 0 Å². The maximum Gasteiger partial charge on any atom is 0.495 e. The van der Waals surface area contributed by atoms with Crippen molar-refractivity contribution in [3.8, 4) is 0 Å². The first-order chi connectivity index (χ1) is 2.50. The van der Waals surface area contributed by atoms with Crippen LogP contribution in [0.4, 0.5) is 0 Å². The Morgan fingerprint density at radius 1 is 1.80 bits per heavy atom. The third kappa shape index (κ3) is 0.302. The van der Waals surface area contributed by atoms with Gasteiger partial charge in [-0.05, 0) is 0 Å². The summed E-state index contributed by atoms with van der Waals surface area (Å²) in [4.78, 5) is 4.28. The number of nitrogens with zero attached hydrogens (tertiary/aromatic N) is 1. The predicted molar refractivity (Wildman–Crippen MR) is 15.5 cm³/mol. The zero-order valence-corrected chi connectivity index (χ0v) is 2.51. The van der Waals surface area contributed by atoms with Crippen LogP contribution in [-0.4, -0.2) is 0 Å². The zero-order valence-electron chi connectivity index (χ0n) is 2.51. The smallest absolute Gasteiger partial charge is 0.173 e. The molecule has 0 amide bonds. The van der Waals surface area contributed by atoms with Crippen LogP contribution in [0, 0.1) is 0 Å². The molecule has 0 saturated heterocycles. The van der Waals surface area contributed by atoms with Gasteiger partial charge < -0.3 is 0 Å². The van der Waals surface area contributed by atoms with Gasteiger partial charge in [0.05, 0.1) is 0 Å². The molecule has 0 spiro atoms. The van der Waals surface area contributed by atoms with Crippen molar-refractivity contribution in [3.05, 3.63) is 12.5 Å². The molecule has 1 rings (SSSR count). The molecule has 1 N–H and O–H groups in total. The highest BCUT2D eigenvalue weighted by molar-refractivity contribution is 4.69. The van der Waals surface area contributed by atoms with Gasteiger partial charge in [0.25, 0.3) is 0 Å². The fourth-order valence-corrected chi connectivity index (χ4v) is 0.152. The minimum Gasteiger partial charge on any atom is -0.173 e. The Kier molecular flexibility index (Phi) is 0.478. The van der Waals surface area contributed by atoms with Crippen LogP contribution in [0.25, 0.3) is 0 Å². The van der Waals surface area contributed by atoms with Crippen LogP contribution in [0.3, 0.4) is 0 Å². The molecule has 0 aromatic heterocycles. The van der Waals surface area contributed by atoms with Gasteiger partial charge in [0.15, 0.2) is 6.26 Å². The normalized spacial score (nSPS) is 17.6. The molecule has 0 unspecified atom stereocenters. The fraction of sp³-hybridized carbons (Fsp3) is 0. The standard InChI is InChI=1S/C2H3N2O/c1-2-5-4-3-1/h1-3H/q+1. The largest absolute Gasteiger partial charge is 0.495 e. The molecule has 0 saturated carbocycles. The van der Waals surface area contributed by atoms with Gasteiger partial charge in [-0.1, -0.05) is 5.43 Å². The molecule has 0 fully saturated rings. The molecule has 26 valence electrons. The fourth-order valence-electron chi connectivity index (χ4n) is 0.152. The lowest BCUT2D eigenvalue weighted by molar-refractivity contribution is 0.127. The van der Waals surface area contributed by atoms with Crippen LogP contribution >= 0.6 is 0 Å². The van der Waals surface area contributed by atoms with Crippen molar-refractivity contribution in [2.75, 3.05) is 0 Å². The molecule has 2 radical (unpaired) electrons. The first kappa shape index (κ1) is 2.53. The van der Waals surface area contributed by atoms with Gasteiger partial charge in [0.1, 0.15) is 6.20 Å². The summed E-state index contributed by atoms with van der Waals surface area (Å²) in [5, 5.41) is 0. The Morgan fingerprint density at radius 3 is 3.00 bits per heavy atom. The first-order valence-corrected chi connectivity index (χ1v) is 1.26. The summed E-state index contributed by atoms with van der Waals surface area (Å²) in [7, 11) is 0. The molecule has 1 aliphatic heterocycles. The Bertz CT molecular complexity index is 45.6. The Labute approximate surface area is 29.5 Å². The van der Waals surface area contributed by atoms with E-state index in [-0.39, 0.29) is 0 Å². The summed E-state index contributed by atoms with van der Waals surface area (Å²) in [5.74, 6) is 0. The van der Waals surface area contributed by atoms with Crippen molar-refractivity contribution in [2.24, 2.45) is 0 Å². The maximum atomic E-state index is 4.28. The SMILES string of the molecule is C1=CO[N+]N1. The van der Waals surface area contributed by atoms with Crippen molar-refractivity contribution in [1.29, 1.82) is 0 Å². The van der Waals surface area contributed by atoms with E-state index in [4.69, 9.17) is 0 Å². The van der Waals surface area contributed by atoms with Crippen molar-refractivity contribution in [1.82, 2.24) is 11.0 Å². The van der Waals surface area contributed by atoms with Gasteiger partial charge in [-0.2, -0.15) is 4.84 Å². The third-order valence-electron chi connectivity index (χ3n) is 0.309. The number of hydrogen-bond donors (Lipinski definition) is 1. The van der Waals surface area contributed by atoms with Gasteiger partial charge in [0.2, 0.25) is 0 Å². The molecule has 0 aromatic carbocycles. The minimum atomic E-state index is 1.46. The Hall–Kier alpha value is -0.700. The quantitative estimate of drug-likeness (QED) is 0.418. The molecule has 1 aliphatic rings. The lowest BCUT2D eigenvalue weighted by atomic mass is 11.0. The predicted octanol–water partition coefficient (Wildman–Crippen LogP) is -0.488. The summed E-state index contributed by atoms with van der Waals surface area (Å²) >= 11 is 0. The van der Waals surface area contributed by atoms with E-state index in [9.17, 15) is 0 Å². The summed E-state index contributed by atoms with van der Waals surface area (Å²) in [6.45, 7) is 0. The van der Waals surface area contributed by atoms with E-state index < -0.39 is 0 Å². The van der Waals surface area contributed by atoms with Gasteiger partial charge in [-0.25, -0.2) is 0 Å². The number of rotatable bonds is 0. The summed E-state index contributed by atoms with van der Waals surface area (Å²) in [5.41, 5.74) is 5.67. The van der Waals surface area contributed by atoms with Crippen molar-refractivity contribution >= 4 is 0 Å². The van der Waals surface area contributed by atoms with Crippen LogP contribution in [-0.2, 0) is 4.84 Å². The highest BCUT2D eigenvalue weighted by Gasteiger charge is 2.03. The van der Waals surface area contributed by atoms with E-state index in [1.807, 2.05) is 0 Å². The molecular weight excluding hydrogens is 68.0 g/mol. The van der Waals surface area contributed by atoms with Crippen LogP contribution < -0.4 is 11.0 Å². The molecule has 5 heavy (non-hydrogen) atoms. The van der Waals surface area contributed by atoms with Gasteiger partial charge in [-0.15, -0.1) is 0 Å². The van der Waals surface area contributed by atoms with Gasteiger partial charge in [-0.3, -0.25) is 0 Å². The molecule has 0 aromatic rings. The van der Waals surface area contributed by atoms with E-state index in [2.05, 4.69) is 15.9 Å². The van der Waals surface area contributed by atoms with E-state index in [0.29, 0.717) is 0 Å². The highest BCUT2D eigenvalue weighted by atomic mass is 16.7. The van der Waals surface area contributed by atoms with Crippen molar-refractivity contribution < 1.29 is 4.84 Å². The summed E-state index contributed by atoms with van der Waals surface area (Å²) in [6, 6.07) is 0. The highest BCUT2D eigenvalue weighted by Crippen LogP contribution is 1.73. The van der Waals surface area contributed by atoms with Gasteiger partial charge >= 0.3 is 5.59 Å². The topological polar surface area (TPSA) is 35.4 Å². The molecular formula is C2H3N2O+. The first-order valence-electron chi connectivity index (χ1n) is 1.26. The summed E-state index contributed by atoms with van der Waals surface area (Å²) in [6.07, 6.45) is 3.06. The van der Waals surface area contributed by atoms with E-state index in [1.165, 1.54) is 6.26 Å². The number of hydrogen-bond acceptors (Lipinski definition) is 2. The van der Waals surface area contributed by atoms with Crippen LogP contribution in [0.15, 0.2) is 12.5 Å².